The first-order chi connectivity index (χ1) is 11.1. The van der Waals surface area contributed by atoms with Crippen molar-refractivity contribution in [1.29, 1.82) is 0 Å². The number of carbonyl (C=O) groups excluding carboxylic acids is 1. The van der Waals surface area contributed by atoms with Gasteiger partial charge in [-0.05, 0) is 48.9 Å². The second kappa shape index (κ2) is 6.67. The second-order valence-electron chi connectivity index (χ2n) is 5.84. The topological polar surface area (TPSA) is 58.9 Å². The number of amides is 1. The van der Waals surface area contributed by atoms with Crippen molar-refractivity contribution in [3.8, 4) is 0 Å². The number of nitrogens with two attached hydrogens (primary N) is 1. The Morgan fingerprint density at radius 3 is 2.57 bits per heavy atom. The maximum absolute atomic E-state index is 12.4. The van der Waals surface area contributed by atoms with Crippen LogP contribution in [0.4, 0.5) is 5.69 Å². The molecule has 118 valence electrons. The van der Waals surface area contributed by atoms with E-state index in [4.69, 9.17) is 4.42 Å². The Kier molecular flexibility index (Phi) is 4.44. The van der Waals surface area contributed by atoms with Crippen LogP contribution in [0.5, 0.6) is 0 Å². The molecule has 4 heteroatoms. The van der Waals surface area contributed by atoms with Gasteiger partial charge in [-0.2, -0.15) is 0 Å². The van der Waals surface area contributed by atoms with E-state index in [-0.39, 0.29) is 18.0 Å². The summed E-state index contributed by atoms with van der Waals surface area (Å²) in [7, 11) is 0. The number of hydrogen-bond donors (Lipinski definition) is 2. The smallest absolute Gasteiger partial charge is 0.282 e. The molecule has 0 fully saturated rings. The normalized spacial score (nSPS) is 13.7. The number of nitrogens with one attached hydrogen (secondary N) is 1. The minimum atomic E-state index is -0.207. The predicted octanol–water partition coefficient (Wildman–Crippen LogP) is 3.08. The van der Waals surface area contributed by atoms with E-state index in [1.807, 2.05) is 67.7 Å². The average Bonchev–Trinajstić information content (AvgIpc) is 3.09. The van der Waals surface area contributed by atoms with Crippen LogP contribution in [0.1, 0.15) is 25.6 Å². The third kappa shape index (κ3) is 3.60. The SMILES string of the molecule is C[C@H]([NH2+][C@H](C)C(=O)Nc1ccc2ccccc2c1)c1ccco1. The number of rotatable bonds is 5. The molecule has 0 saturated carbocycles. The molecule has 0 spiro atoms. The average molecular weight is 309 g/mol. The Labute approximate surface area is 135 Å². The van der Waals surface area contributed by atoms with Gasteiger partial charge in [0.2, 0.25) is 0 Å². The zero-order valence-electron chi connectivity index (χ0n) is 13.3. The first-order valence-electron chi connectivity index (χ1n) is 7.81. The van der Waals surface area contributed by atoms with Crippen molar-refractivity contribution in [3.63, 3.8) is 0 Å². The van der Waals surface area contributed by atoms with Crippen molar-refractivity contribution in [2.75, 3.05) is 5.32 Å². The van der Waals surface area contributed by atoms with E-state index < -0.39 is 0 Å². The van der Waals surface area contributed by atoms with E-state index in [0.29, 0.717) is 0 Å². The van der Waals surface area contributed by atoms with Gasteiger partial charge in [-0.15, -0.1) is 0 Å². The lowest BCUT2D eigenvalue weighted by atomic mass is 10.1. The number of anilines is 1. The lowest BCUT2D eigenvalue weighted by molar-refractivity contribution is -0.711. The van der Waals surface area contributed by atoms with Crippen LogP contribution in [0.3, 0.4) is 0 Å². The van der Waals surface area contributed by atoms with Gasteiger partial charge in [-0.25, -0.2) is 0 Å². The van der Waals surface area contributed by atoms with Crippen molar-refractivity contribution < 1.29 is 14.5 Å². The minimum Gasteiger partial charge on any atom is -0.463 e. The first kappa shape index (κ1) is 15.3. The van der Waals surface area contributed by atoms with Crippen molar-refractivity contribution >= 4 is 22.4 Å². The van der Waals surface area contributed by atoms with Crippen LogP contribution in [-0.4, -0.2) is 11.9 Å². The van der Waals surface area contributed by atoms with Gasteiger partial charge in [0.25, 0.3) is 5.91 Å². The molecular formula is C19H21N2O2+. The lowest BCUT2D eigenvalue weighted by Crippen LogP contribution is -2.91. The van der Waals surface area contributed by atoms with Crippen LogP contribution < -0.4 is 10.6 Å². The monoisotopic (exact) mass is 309 g/mol. The molecule has 23 heavy (non-hydrogen) atoms. The molecule has 0 unspecified atom stereocenters. The van der Waals surface area contributed by atoms with Gasteiger partial charge in [-0.1, -0.05) is 30.3 Å². The summed E-state index contributed by atoms with van der Waals surface area (Å²) in [6, 6.07) is 17.7. The van der Waals surface area contributed by atoms with Gasteiger partial charge in [0.15, 0.2) is 11.8 Å². The van der Waals surface area contributed by atoms with E-state index in [2.05, 4.69) is 11.4 Å². The van der Waals surface area contributed by atoms with Crippen LogP contribution in [0.2, 0.25) is 0 Å². The molecule has 3 aromatic rings. The lowest BCUT2D eigenvalue weighted by Gasteiger charge is -2.15. The Balaban J connectivity index is 1.65. The Hall–Kier alpha value is -2.59. The third-order valence-electron chi connectivity index (χ3n) is 4.00. The molecule has 3 rings (SSSR count). The standard InChI is InChI=1S/C19H20N2O2/c1-13(18-8-5-11-23-18)20-14(2)19(22)21-17-10-9-15-6-3-4-7-16(15)12-17/h3-14,20H,1-2H3,(H,21,22)/p+1/t13-,14+/m0/s1. The fourth-order valence-electron chi connectivity index (χ4n) is 2.69. The number of carbonyl (C=O) groups is 1. The van der Waals surface area contributed by atoms with Crippen LogP contribution in [0.15, 0.2) is 65.3 Å². The van der Waals surface area contributed by atoms with Gasteiger partial charge < -0.3 is 15.1 Å². The fourth-order valence-corrected chi connectivity index (χ4v) is 2.69. The maximum Gasteiger partial charge on any atom is 0.282 e. The molecule has 4 nitrogen and oxygen atoms in total. The summed E-state index contributed by atoms with van der Waals surface area (Å²) in [4.78, 5) is 12.4. The van der Waals surface area contributed by atoms with Crippen molar-refractivity contribution in [3.05, 3.63) is 66.6 Å². The van der Waals surface area contributed by atoms with Gasteiger partial charge >= 0.3 is 0 Å². The highest BCUT2D eigenvalue weighted by molar-refractivity contribution is 5.96. The Morgan fingerprint density at radius 1 is 1.04 bits per heavy atom. The summed E-state index contributed by atoms with van der Waals surface area (Å²) in [6.45, 7) is 3.93. The highest BCUT2D eigenvalue weighted by Gasteiger charge is 2.21. The fraction of sp³-hybridized carbons (Fsp3) is 0.211. The van der Waals surface area contributed by atoms with E-state index in [9.17, 15) is 4.79 Å². The molecule has 0 aliphatic heterocycles. The van der Waals surface area contributed by atoms with Crippen LogP contribution in [-0.2, 0) is 4.79 Å². The maximum atomic E-state index is 12.4. The third-order valence-corrected chi connectivity index (χ3v) is 4.00. The second-order valence-corrected chi connectivity index (χ2v) is 5.84. The molecule has 1 amide bonds. The van der Waals surface area contributed by atoms with Gasteiger partial charge in [0.1, 0.15) is 6.04 Å². The van der Waals surface area contributed by atoms with E-state index >= 15 is 0 Å². The first-order valence-corrected chi connectivity index (χ1v) is 7.81. The highest BCUT2D eigenvalue weighted by atomic mass is 16.3. The van der Waals surface area contributed by atoms with E-state index in [1.54, 1.807) is 6.26 Å². The van der Waals surface area contributed by atoms with Crippen molar-refractivity contribution in [1.82, 2.24) is 0 Å². The van der Waals surface area contributed by atoms with Crippen LogP contribution >= 0.6 is 0 Å². The quantitative estimate of drug-likeness (QED) is 0.761. The molecule has 0 aliphatic rings. The summed E-state index contributed by atoms with van der Waals surface area (Å²) in [5.74, 6) is 0.856. The molecule has 1 heterocycles. The number of furan rings is 1. The zero-order chi connectivity index (χ0) is 16.2. The van der Waals surface area contributed by atoms with E-state index in [0.717, 1.165) is 22.2 Å². The largest absolute Gasteiger partial charge is 0.463 e. The molecule has 2 aromatic carbocycles. The van der Waals surface area contributed by atoms with Gasteiger partial charge in [0.05, 0.1) is 6.26 Å². The summed E-state index contributed by atoms with van der Waals surface area (Å²) in [5, 5.41) is 7.26. The summed E-state index contributed by atoms with van der Waals surface area (Å²) < 4.78 is 5.38. The highest BCUT2D eigenvalue weighted by Crippen LogP contribution is 2.18. The molecule has 1 aromatic heterocycles. The Bertz CT molecular complexity index is 796. The predicted molar refractivity (Wildman–Crippen MR) is 91.1 cm³/mol. The molecule has 3 N–H and O–H groups in total. The van der Waals surface area contributed by atoms with Crippen molar-refractivity contribution in [2.45, 2.75) is 25.9 Å². The molecule has 0 saturated heterocycles. The van der Waals surface area contributed by atoms with E-state index in [1.165, 1.54) is 0 Å². The van der Waals surface area contributed by atoms with Gasteiger partial charge in [-0.3, -0.25) is 4.79 Å². The van der Waals surface area contributed by atoms with Crippen molar-refractivity contribution in [2.24, 2.45) is 0 Å². The molecular weight excluding hydrogens is 288 g/mol. The summed E-state index contributed by atoms with van der Waals surface area (Å²) in [6.07, 6.45) is 1.65. The number of quaternary nitrogens is 1. The molecule has 0 aliphatic carbocycles. The Morgan fingerprint density at radius 2 is 1.83 bits per heavy atom. The summed E-state index contributed by atoms with van der Waals surface area (Å²) in [5.41, 5.74) is 0.819. The van der Waals surface area contributed by atoms with Crippen LogP contribution in [0, 0.1) is 0 Å². The number of hydrogen-bond acceptors (Lipinski definition) is 2. The molecule has 2 atom stereocenters. The van der Waals surface area contributed by atoms with Crippen LogP contribution in [0.25, 0.3) is 10.8 Å². The molecule has 0 radical (unpaired) electrons. The number of benzene rings is 2. The van der Waals surface area contributed by atoms with Gasteiger partial charge in [0, 0.05) is 5.69 Å². The zero-order valence-corrected chi connectivity index (χ0v) is 13.3. The summed E-state index contributed by atoms with van der Waals surface area (Å²) >= 11 is 0. The molecule has 0 bridgehead atoms. The minimum absolute atomic E-state index is 0.0151. The number of fused-ring (bicyclic) bond motifs is 1.